The maximum atomic E-state index is 4.86. The van der Waals surface area contributed by atoms with Gasteiger partial charge in [-0.1, -0.05) is 78.1 Å². The van der Waals surface area contributed by atoms with Crippen molar-refractivity contribution in [3.05, 3.63) is 102 Å². The summed E-state index contributed by atoms with van der Waals surface area (Å²) in [7, 11) is 0. The molecule has 3 heteroatoms. The Kier molecular flexibility index (Phi) is 6.55. The van der Waals surface area contributed by atoms with Gasteiger partial charge in [0.15, 0.2) is 0 Å². The molecule has 1 nitrogen and oxygen atoms in total. The fraction of sp³-hybridized carbons (Fsp3) is 0.0455. The summed E-state index contributed by atoms with van der Waals surface area (Å²) in [6.07, 6.45) is 0. The summed E-state index contributed by atoms with van der Waals surface area (Å²) in [6, 6.07) is 30.9. The minimum Gasteiger partial charge on any atom is -0.241 e. The van der Waals surface area contributed by atoms with Gasteiger partial charge in [-0.2, -0.15) is 0 Å². The van der Waals surface area contributed by atoms with Gasteiger partial charge in [-0.25, -0.2) is 4.99 Å². The lowest BCUT2D eigenvalue weighted by molar-refractivity contribution is 1.46. The molecule has 0 bridgehead atoms. The van der Waals surface area contributed by atoms with Crippen LogP contribution in [-0.4, -0.2) is 5.04 Å². The molecule has 0 saturated carbocycles. The summed E-state index contributed by atoms with van der Waals surface area (Å²) in [6.45, 7) is 2.12. The normalized spacial score (nSPS) is 12.2. The zero-order chi connectivity index (χ0) is 17.3. The number of hydrogen-bond donors (Lipinski definition) is 0. The van der Waals surface area contributed by atoms with Crippen molar-refractivity contribution < 1.29 is 0 Å². The van der Waals surface area contributed by atoms with E-state index in [1.165, 1.54) is 9.79 Å². The van der Waals surface area contributed by atoms with Gasteiger partial charge < -0.3 is 0 Å². The summed E-state index contributed by atoms with van der Waals surface area (Å²) in [5.74, 6) is 0. The molecule has 0 spiro atoms. The molecule has 0 saturated heterocycles. The highest BCUT2D eigenvalue weighted by molar-refractivity contribution is 8.14. The van der Waals surface area contributed by atoms with E-state index in [1.54, 1.807) is 23.5 Å². The van der Waals surface area contributed by atoms with Crippen molar-refractivity contribution in [2.75, 3.05) is 0 Å². The van der Waals surface area contributed by atoms with Crippen LogP contribution in [0.1, 0.15) is 6.92 Å². The van der Waals surface area contributed by atoms with Gasteiger partial charge in [0.2, 0.25) is 0 Å². The van der Waals surface area contributed by atoms with Crippen LogP contribution < -0.4 is 0 Å². The first-order chi connectivity index (χ1) is 12.3. The highest BCUT2D eigenvalue weighted by atomic mass is 32.2. The minimum absolute atomic E-state index is 0.971. The van der Waals surface area contributed by atoms with E-state index in [1.807, 2.05) is 42.5 Å². The number of thioether (sulfide) groups is 2. The average molecular weight is 362 g/mol. The van der Waals surface area contributed by atoms with E-state index in [-0.39, 0.29) is 0 Å². The Morgan fingerprint density at radius 1 is 0.720 bits per heavy atom. The summed E-state index contributed by atoms with van der Waals surface area (Å²) < 4.78 is 0. The van der Waals surface area contributed by atoms with Crippen molar-refractivity contribution in [2.45, 2.75) is 16.7 Å². The van der Waals surface area contributed by atoms with E-state index in [0.29, 0.717) is 0 Å². The van der Waals surface area contributed by atoms with Crippen LogP contribution in [0.3, 0.4) is 0 Å². The third kappa shape index (κ3) is 5.66. The van der Waals surface area contributed by atoms with Gasteiger partial charge in [-0.3, -0.25) is 0 Å². The van der Waals surface area contributed by atoms with Gasteiger partial charge in [0.1, 0.15) is 5.04 Å². The SMILES string of the molecule is CC(=C\Sc1ccccc1)/C(=N/c1ccccc1)Sc1ccccc1. The predicted octanol–water partition coefficient (Wildman–Crippen LogP) is 7.21. The Bertz CT molecular complexity index is 841. The van der Waals surface area contributed by atoms with Crippen molar-refractivity contribution in [1.82, 2.24) is 0 Å². The first-order valence-corrected chi connectivity index (χ1v) is 9.76. The van der Waals surface area contributed by atoms with Gasteiger partial charge in [-0.15, -0.1) is 0 Å². The fourth-order valence-corrected chi connectivity index (χ4v) is 3.82. The van der Waals surface area contributed by atoms with E-state index < -0.39 is 0 Å². The Labute approximate surface area is 157 Å². The number of aliphatic imine (C=N–C) groups is 1. The molecule has 0 heterocycles. The van der Waals surface area contributed by atoms with E-state index in [0.717, 1.165) is 16.3 Å². The van der Waals surface area contributed by atoms with Crippen molar-refractivity contribution in [3.63, 3.8) is 0 Å². The second kappa shape index (κ2) is 9.30. The molecule has 0 aliphatic heterocycles. The molecule has 0 fully saturated rings. The molecule has 0 N–H and O–H groups in total. The van der Waals surface area contributed by atoms with Crippen molar-refractivity contribution in [2.24, 2.45) is 4.99 Å². The van der Waals surface area contributed by atoms with Gasteiger partial charge in [0.25, 0.3) is 0 Å². The number of para-hydroxylation sites is 1. The number of hydrogen-bond acceptors (Lipinski definition) is 3. The topological polar surface area (TPSA) is 12.4 Å². The molecule has 0 radical (unpaired) electrons. The third-order valence-corrected chi connectivity index (χ3v) is 5.53. The lowest BCUT2D eigenvalue weighted by Crippen LogP contribution is -1.94. The van der Waals surface area contributed by atoms with E-state index in [2.05, 4.69) is 60.9 Å². The second-order valence-electron chi connectivity index (χ2n) is 5.40. The molecule has 0 aliphatic rings. The first-order valence-electron chi connectivity index (χ1n) is 8.07. The van der Waals surface area contributed by atoms with Gasteiger partial charge >= 0.3 is 0 Å². The third-order valence-electron chi connectivity index (χ3n) is 3.40. The van der Waals surface area contributed by atoms with Crippen molar-refractivity contribution in [1.29, 1.82) is 0 Å². The fourth-order valence-electron chi connectivity index (χ4n) is 2.12. The van der Waals surface area contributed by atoms with Crippen LogP contribution in [-0.2, 0) is 0 Å². The zero-order valence-corrected chi connectivity index (χ0v) is 15.6. The van der Waals surface area contributed by atoms with Gasteiger partial charge in [-0.05, 0) is 54.3 Å². The highest BCUT2D eigenvalue weighted by Crippen LogP contribution is 2.29. The molecule has 0 aliphatic carbocycles. The van der Waals surface area contributed by atoms with Crippen molar-refractivity contribution in [3.8, 4) is 0 Å². The molecule has 3 aromatic rings. The van der Waals surface area contributed by atoms with Crippen LogP contribution in [0.2, 0.25) is 0 Å². The maximum Gasteiger partial charge on any atom is 0.105 e. The smallest absolute Gasteiger partial charge is 0.105 e. The van der Waals surface area contributed by atoms with Crippen LogP contribution in [0.15, 0.2) is 117 Å². The van der Waals surface area contributed by atoms with Crippen LogP contribution >= 0.6 is 23.5 Å². The maximum absolute atomic E-state index is 4.86. The largest absolute Gasteiger partial charge is 0.241 e. The lowest BCUT2D eigenvalue weighted by atomic mass is 10.3. The Balaban J connectivity index is 1.86. The Morgan fingerprint density at radius 2 is 1.24 bits per heavy atom. The molecular formula is C22H19NS2. The van der Waals surface area contributed by atoms with Crippen LogP contribution in [0.4, 0.5) is 5.69 Å². The quantitative estimate of drug-likeness (QED) is 0.270. The number of rotatable bonds is 5. The highest BCUT2D eigenvalue weighted by Gasteiger charge is 2.06. The molecule has 0 atom stereocenters. The van der Waals surface area contributed by atoms with Gasteiger partial charge in [0, 0.05) is 9.79 Å². The molecule has 124 valence electrons. The van der Waals surface area contributed by atoms with E-state index >= 15 is 0 Å². The molecule has 0 amide bonds. The number of benzene rings is 3. The molecule has 3 rings (SSSR count). The van der Waals surface area contributed by atoms with Gasteiger partial charge in [0.05, 0.1) is 5.69 Å². The van der Waals surface area contributed by atoms with Crippen LogP contribution in [0, 0.1) is 0 Å². The predicted molar refractivity (Wildman–Crippen MR) is 112 cm³/mol. The molecule has 0 aromatic heterocycles. The zero-order valence-electron chi connectivity index (χ0n) is 14.0. The van der Waals surface area contributed by atoms with E-state index in [9.17, 15) is 0 Å². The summed E-state index contributed by atoms with van der Waals surface area (Å²) in [5, 5.41) is 3.19. The Morgan fingerprint density at radius 3 is 1.84 bits per heavy atom. The monoisotopic (exact) mass is 361 g/mol. The number of nitrogens with zero attached hydrogens (tertiary/aromatic N) is 1. The standard InChI is InChI=1S/C22H19NS2/c1-18(17-24-20-13-7-3-8-14-20)22(23-19-11-5-2-6-12-19)25-21-15-9-4-10-16-21/h2-17H,1H3/b18-17+,23-22-. The second-order valence-corrected chi connectivity index (χ2v) is 7.40. The summed E-state index contributed by atoms with van der Waals surface area (Å²) in [5.41, 5.74) is 2.13. The minimum atomic E-state index is 0.971. The summed E-state index contributed by atoms with van der Waals surface area (Å²) in [4.78, 5) is 7.28. The van der Waals surface area contributed by atoms with Crippen LogP contribution in [0.25, 0.3) is 0 Å². The first kappa shape index (κ1) is 17.6. The molecule has 3 aromatic carbocycles. The molecular weight excluding hydrogens is 342 g/mol. The summed E-state index contributed by atoms with van der Waals surface area (Å²) >= 11 is 3.42. The lowest BCUT2D eigenvalue weighted by Gasteiger charge is -2.08. The average Bonchev–Trinajstić information content (AvgIpc) is 2.68. The Hall–Kier alpha value is -2.23. The van der Waals surface area contributed by atoms with E-state index in [4.69, 9.17) is 4.99 Å². The van der Waals surface area contributed by atoms with Crippen LogP contribution in [0.5, 0.6) is 0 Å². The molecule has 25 heavy (non-hydrogen) atoms. The molecule has 0 unspecified atom stereocenters. The van der Waals surface area contributed by atoms with Crippen molar-refractivity contribution >= 4 is 34.3 Å².